The molecule has 0 heterocycles. The van der Waals surface area contributed by atoms with Gasteiger partial charge in [-0.2, -0.15) is 0 Å². The van der Waals surface area contributed by atoms with Crippen molar-refractivity contribution in [3.63, 3.8) is 0 Å². The molecule has 1 aromatic rings. The molecule has 2 N–H and O–H groups in total. The second-order valence-electron chi connectivity index (χ2n) is 4.81. The molecule has 0 unspecified atom stereocenters. The van der Waals surface area contributed by atoms with E-state index in [2.05, 4.69) is 4.72 Å². The van der Waals surface area contributed by atoms with Crippen LogP contribution in [-0.2, 0) is 16.4 Å². The van der Waals surface area contributed by atoms with Crippen molar-refractivity contribution in [1.82, 2.24) is 4.72 Å². The molecule has 5 heteroatoms. The minimum Gasteiger partial charge on any atom is -0.389 e. The van der Waals surface area contributed by atoms with Crippen LogP contribution >= 0.6 is 0 Å². The van der Waals surface area contributed by atoms with Gasteiger partial charge < -0.3 is 5.11 Å². The summed E-state index contributed by atoms with van der Waals surface area (Å²) in [5.41, 5.74) is 0.0499. The van der Waals surface area contributed by atoms with Crippen molar-refractivity contribution in [1.29, 1.82) is 0 Å². The third-order valence-electron chi connectivity index (χ3n) is 3.44. The fourth-order valence-electron chi connectivity index (χ4n) is 1.71. The van der Waals surface area contributed by atoms with Crippen LogP contribution in [0.1, 0.15) is 32.3 Å². The molecule has 0 aromatic heterocycles. The molecular formula is C14H23NO3S. The Labute approximate surface area is 115 Å². The Morgan fingerprint density at radius 2 is 1.74 bits per heavy atom. The molecular weight excluding hydrogens is 262 g/mol. The van der Waals surface area contributed by atoms with Crippen LogP contribution in [0.5, 0.6) is 0 Å². The number of aryl methyl sites for hydroxylation is 1. The summed E-state index contributed by atoms with van der Waals surface area (Å²) < 4.78 is 26.2. The van der Waals surface area contributed by atoms with Crippen LogP contribution in [0.4, 0.5) is 0 Å². The Morgan fingerprint density at radius 1 is 1.16 bits per heavy atom. The van der Waals surface area contributed by atoms with Gasteiger partial charge in [-0.1, -0.05) is 44.2 Å². The van der Waals surface area contributed by atoms with Gasteiger partial charge in [0.25, 0.3) is 0 Å². The first-order valence-electron chi connectivity index (χ1n) is 6.64. The van der Waals surface area contributed by atoms with Gasteiger partial charge in [0.1, 0.15) is 0 Å². The molecule has 0 aliphatic rings. The van der Waals surface area contributed by atoms with Gasteiger partial charge in [-0.15, -0.1) is 0 Å². The van der Waals surface area contributed by atoms with Crippen LogP contribution in [0.25, 0.3) is 0 Å². The van der Waals surface area contributed by atoms with Gasteiger partial charge in [0.15, 0.2) is 0 Å². The van der Waals surface area contributed by atoms with Gasteiger partial charge in [-0.05, 0) is 24.8 Å². The predicted molar refractivity (Wildman–Crippen MR) is 77.5 cm³/mol. The Balaban J connectivity index is 2.49. The summed E-state index contributed by atoms with van der Waals surface area (Å²) in [7, 11) is -3.34. The zero-order valence-corrected chi connectivity index (χ0v) is 12.4. The summed E-state index contributed by atoms with van der Waals surface area (Å²) in [4.78, 5) is 0. The van der Waals surface area contributed by atoms with E-state index in [0.29, 0.717) is 19.3 Å². The molecule has 0 saturated heterocycles. The first kappa shape index (κ1) is 16.1. The maximum absolute atomic E-state index is 11.9. The van der Waals surface area contributed by atoms with Crippen molar-refractivity contribution in [2.75, 3.05) is 12.3 Å². The highest BCUT2D eigenvalue weighted by Gasteiger charge is 2.24. The van der Waals surface area contributed by atoms with E-state index in [4.69, 9.17) is 0 Å². The van der Waals surface area contributed by atoms with Gasteiger partial charge in [-0.3, -0.25) is 0 Å². The molecule has 19 heavy (non-hydrogen) atoms. The van der Waals surface area contributed by atoms with Crippen molar-refractivity contribution in [3.05, 3.63) is 35.9 Å². The molecule has 0 amide bonds. The van der Waals surface area contributed by atoms with E-state index < -0.39 is 15.6 Å². The van der Waals surface area contributed by atoms with E-state index in [1.54, 1.807) is 0 Å². The minimum atomic E-state index is -3.34. The monoisotopic (exact) mass is 285 g/mol. The lowest BCUT2D eigenvalue weighted by Crippen LogP contribution is -2.42. The smallest absolute Gasteiger partial charge is 0.212 e. The number of hydrogen-bond acceptors (Lipinski definition) is 3. The van der Waals surface area contributed by atoms with Crippen LogP contribution in [-0.4, -0.2) is 31.4 Å². The Kier molecular flexibility index (Phi) is 5.97. The van der Waals surface area contributed by atoms with Crippen LogP contribution in [0, 0.1) is 0 Å². The fraction of sp³-hybridized carbons (Fsp3) is 0.571. The number of rotatable bonds is 8. The summed E-state index contributed by atoms with van der Waals surface area (Å²) in [6, 6.07) is 9.50. The van der Waals surface area contributed by atoms with Crippen molar-refractivity contribution < 1.29 is 13.5 Å². The third-order valence-corrected chi connectivity index (χ3v) is 4.77. The molecule has 0 saturated carbocycles. The van der Waals surface area contributed by atoms with Gasteiger partial charge >= 0.3 is 0 Å². The topological polar surface area (TPSA) is 66.4 Å². The maximum atomic E-state index is 11.9. The molecule has 0 aliphatic carbocycles. The number of nitrogens with one attached hydrogen (secondary N) is 1. The van der Waals surface area contributed by atoms with E-state index in [-0.39, 0.29) is 12.3 Å². The predicted octanol–water partition coefficient (Wildman–Crippen LogP) is 1.70. The van der Waals surface area contributed by atoms with Crippen LogP contribution in [0.2, 0.25) is 0 Å². The third kappa shape index (κ3) is 5.72. The van der Waals surface area contributed by atoms with Crippen LogP contribution in [0.3, 0.4) is 0 Å². The number of sulfonamides is 1. The first-order valence-corrected chi connectivity index (χ1v) is 8.29. The summed E-state index contributed by atoms with van der Waals surface area (Å²) >= 11 is 0. The standard InChI is InChI=1S/C14H23NO3S/c1-3-14(16,4-2)12-15-19(17,18)11-10-13-8-6-5-7-9-13/h5-9,15-16H,3-4,10-12H2,1-2H3. The van der Waals surface area contributed by atoms with Gasteiger partial charge in [0.05, 0.1) is 11.4 Å². The molecule has 0 spiro atoms. The quantitative estimate of drug-likeness (QED) is 0.764. The number of benzene rings is 1. The minimum absolute atomic E-state index is 0.0422. The van der Waals surface area contributed by atoms with Crippen LogP contribution < -0.4 is 4.72 Å². The van der Waals surface area contributed by atoms with E-state index in [9.17, 15) is 13.5 Å². The average Bonchev–Trinajstić information content (AvgIpc) is 2.44. The molecule has 0 bridgehead atoms. The second-order valence-corrected chi connectivity index (χ2v) is 6.73. The molecule has 0 atom stereocenters. The molecule has 1 rings (SSSR count). The van der Waals surface area contributed by atoms with E-state index >= 15 is 0 Å². The largest absolute Gasteiger partial charge is 0.389 e. The maximum Gasteiger partial charge on any atom is 0.212 e. The highest BCUT2D eigenvalue weighted by atomic mass is 32.2. The SMILES string of the molecule is CCC(O)(CC)CNS(=O)(=O)CCc1ccccc1. The summed E-state index contributed by atoms with van der Waals surface area (Å²) in [5, 5.41) is 10.1. The van der Waals surface area contributed by atoms with Gasteiger partial charge in [-0.25, -0.2) is 13.1 Å². The average molecular weight is 285 g/mol. The van der Waals surface area contributed by atoms with Crippen molar-refractivity contribution in [3.8, 4) is 0 Å². The lowest BCUT2D eigenvalue weighted by Gasteiger charge is -2.25. The molecule has 0 radical (unpaired) electrons. The summed E-state index contributed by atoms with van der Waals surface area (Å²) in [6.07, 6.45) is 1.54. The first-order chi connectivity index (χ1) is 8.91. The Hall–Kier alpha value is -0.910. The van der Waals surface area contributed by atoms with Crippen LogP contribution in [0.15, 0.2) is 30.3 Å². The highest BCUT2D eigenvalue weighted by molar-refractivity contribution is 7.89. The van der Waals surface area contributed by atoms with E-state index in [0.717, 1.165) is 5.56 Å². The molecule has 4 nitrogen and oxygen atoms in total. The zero-order chi connectivity index (χ0) is 14.4. The lowest BCUT2D eigenvalue weighted by molar-refractivity contribution is 0.0377. The Morgan fingerprint density at radius 3 is 2.26 bits per heavy atom. The van der Waals surface area contributed by atoms with E-state index in [1.165, 1.54) is 0 Å². The summed E-state index contributed by atoms with van der Waals surface area (Å²) in [5.74, 6) is 0.0422. The molecule has 1 aromatic carbocycles. The Bertz CT molecular complexity index is 467. The zero-order valence-electron chi connectivity index (χ0n) is 11.6. The summed E-state index contributed by atoms with van der Waals surface area (Å²) in [6.45, 7) is 3.78. The van der Waals surface area contributed by atoms with E-state index in [1.807, 2.05) is 44.2 Å². The number of aliphatic hydroxyl groups is 1. The van der Waals surface area contributed by atoms with Crippen molar-refractivity contribution in [2.45, 2.75) is 38.7 Å². The highest BCUT2D eigenvalue weighted by Crippen LogP contribution is 2.13. The molecule has 0 aliphatic heterocycles. The normalized spacial score (nSPS) is 12.6. The van der Waals surface area contributed by atoms with Crippen molar-refractivity contribution >= 4 is 10.0 Å². The second kappa shape index (κ2) is 7.03. The molecule has 108 valence electrons. The lowest BCUT2D eigenvalue weighted by atomic mass is 9.98. The van der Waals surface area contributed by atoms with Gasteiger partial charge in [0, 0.05) is 6.54 Å². The fourth-order valence-corrected chi connectivity index (χ4v) is 2.85. The van der Waals surface area contributed by atoms with Gasteiger partial charge in [0.2, 0.25) is 10.0 Å². The number of hydrogen-bond donors (Lipinski definition) is 2. The molecule has 0 fully saturated rings. The van der Waals surface area contributed by atoms with Crippen molar-refractivity contribution in [2.24, 2.45) is 0 Å².